The van der Waals surface area contributed by atoms with Crippen molar-refractivity contribution < 1.29 is 9.66 Å². The maximum atomic E-state index is 10.9. The van der Waals surface area contributed by atoms with E-state index in [2.05, 4.69) is 0 Å². The van der Waals surface area contributed by atoms with Crippen LogP contribution in [-0.2, 0) is 0 Å². The van der Waals surface area contributed by atoms with Gasteiger partial charge in [-0.2, -0.15) is 0 Å². The quantitative estimate of drug-likeness (QED) is 0.477. The molecule has 5 nitrogen and oxygen atoms in total. The van der Waals surface area contributed by atoms with Gasteiger partial charge in [0.1, 0.15) is 5.75 Å². The minimum absolute atomic E-state index is 0. The molecule has 2 rings (SSSR count). The number of halogens is 1. The molecule has 0 saturated carbocycles. The van der Waals surface area contributed by atoms with Crippen LogP contribution in [0.4, 0.5) is 5.69 Å². The summed E-state index contributed by atoms with van der Waals surface area (Å²) in [6.07, 6.45) is 1.76. The van der Waals surface area contributed by atoms with E-state index in [1.54, 1.807) is 12.1 Å². The Morgan fingerprint density at radius 1 is 1.09 bits per heavy atom. The number of ether oxygens (including phenoxy) is 1. The number of unbranched alkanes of at least 4 members (excludes halogenated alkanes) is 1. The predicted molar refractivity (Wildman–Crippen MR) is 89.6 cm³/mol. The van der Waals surface area contributed by atoms with Gasteiger partial charge in [-0.25, -0.2) is 0 Å². The van der Waals surface area contributed by atoms with Crippen molar-refractivity contribution in [2.45, 2.75) is 12.8 Å². The molecular formula is C16H19ClN2O3. The van der Waals surface area contributed by atoms with Crippen LogP contribution in [0.5, 0.6) is 5.75 Å². The van der Waals surface area contributed by atoms with Crippen LogP contribution in [0, 0.1) is 10.1 Å². The molecule has 6 heteroatoms. The van der Waals surface area contributed by atoms with E-state index in [9.17, 15) is 10.1 Å². The molecule has 22 heavy (non-hydrogen) atoms. The van der Waals surface area contributed by atoms with Gasteiger partial charge in [-0.1, -0.05) is 30.3 Å². The molecule has 0 atom stereocenters. The standard InChI is InChI=1S/C16H18N2O3.ClH/c17-10-4-5-11-21-16-9-8-14(18(19)20)12-15(16)13-6-2-1-3-7-13;/h1-3,6-9,12H,4-5,10-11,17H2;1H. The van der Waals surface area contributed by atoms with Crippen LogP contribution in [0.3, 0.4) is 0 Å². The molecule has 2 aromatic rings. The normalized spacial score (nSPS) is 9.86. The van der Waals surface area contributed by atoms with E-state index < -0.39 is 4.92 Å². The van der Waals surface area contributed by atoms with Gasteiger partial charge in [0.15, 0.2) is 0 Å². The molecule has 2 aromatic carbocycles. The topological polar surface area (TPSA) is 78.4 Å². The largest absolute Gasteiger partial charge is 0.493 e. The number of nitrogens with zero attached hydrogens (tertiary/aromatic N) is 1. The van der Waals surface area contributed by atoms with Gasteiger partial charge in [0.2, 0.25) is 0 Å². The number of rotatable bonds is 7. The van der Waals surface area contributed by atoms with E-state index >= 15 is 0 Å². The van der Waals surface area contributed by atoms with E-state index in [1.165, 1.54) is 6.07 Å². The summed E-state index contributed by atoms with van der Waals surface area (Å²) in [5.74, 6) is 0.656. The lowest BCUT2D eigenvalue weighted by Crippen LogP contribution is -2.04. The molecule has 0 spiro atoms. The fraction of sp³-hybridized carbons (Fsp3) is 0.250. The Morgan fingerprint density at radius 3 is 2.45 bits per heavy atom. The molecule has 0 bridgehead atoms. The minimum atomic E-state index is -0.398. The minimum Gasteiger partial charge on any atom is -0.493 e. The number of hydrogen-bond donors (Lipinski definition) is 1. The molecule has 0 heterocycles. The third-order valence-corrected chi connectivity index (χ3v) is 3.11. The second kappa shape index (κ2) is 9.02. The molecule has 0 aliphatic carbocycles. The highest BCUT2D eigenvalue weighted by Gasteiger charge is 2.13. The lowest BCUT2D eigenvalue weighted by Gasteiger charge is -2.11. The van der Waals surface area contributed by atoms with Crippen molar-refractivity contribution in [1.29, 1.82) is 0 Å². The molecule has 0 fully saturated rings. The predicted octanol–water partition coefficient (Wildman–Crippen LogP) is 3.80. The van der Waals surface area contributed by atoms with Crippen molar-refractivity contribution in [3.8, 4) is 16.9 Å². The molecule has 0 aliphatic heterocycles. The Bertz CT molecular complexity index is 606. The summed E-state index contributed by atoms with van der Waals surface area (Å²) in [6.45, 7) is 1.18. The summed E-state index contributed by atoms with van der Waals surface area (Å²) in [6, 6.07) is 14.2. The highest BCUT2D eigenvalue weighted by atomic mass is 35.5. The first-order chi connectivity index (χ1) is 10.2. The van der Waals surface area contributed by atoms with E-state index in [1.807, 2.05) is 30.3 Å². The second-order valence-corrected chi connectivity index (χ2v) is 4.65. The van der Waals surface area contributed by atoms with E-state index in [0.717, 1.165) is 24.0 Å². The first-order valence-corrected chi connectivity index (χ1v) is 6.89. The molecule has 0 unspecified atom stereocenters. The van der Waals surface area contributed by atoms with Crippen molar-refractivity contribution in [2.75, 3.05) is 13.2 Å². The van der Waals surface area contributed by atoms with Gasteiger partial charge < -0.3 is 10.5 Å². The first-order valence-electron chi connectivity index (χ1n) is 6.89. The summed E-state index contributed by atoms with van der Waals surface area (Å²) in [5.41, 5.74) is 7.14. The summed E-state index contributed by atoms with van der Waals surface area (Å²) in [7, 11) is 0. The molecule has 0 aromatic heterocycles. The number of nitro benzene ring substituents is 1. The van der Waals surface area contributed by atoms with Gasteiger partial charge in [0.25, 0.3) is 5.69 Å². The number of non-ortho nitro benzene ring substituents is 1. The Kier molecular flexibility index (Phi) is 7.36. The van der Waals surface area contributed by atoms with Crippen LogP contribution in [-0.4, -0.2) is 18.1 Å². The Hall–Kier alpha value is -2.11. The van der Waals surface area contributed by atoms with Crippen LogP contribution in [0.25, 0.3) is 11.1 Å². The summed E-state index contributed by atoms with van der Waals surface area (Å²) < 4.78 is 5.75. The van der Waals surface area contributed by atoms with Crippen LogP contribution in [0.1, 0.15) is 12.8 Å². The average molecular weight is 323 g/mol. The molecule has 0 aliphatic rings. The highest BCUT2D eigenvalue weighted by molar-refractivity contribution is 5.85. The van der Waals surface area contributed by atoms with Crippen LogP contribution in [0.15, 0.2) is 48.5 Å². The van der Waals surface area contributed by atoms with Crippen LogP contribution >= 0.6 is 12.4 Å². The van der Waals surface area contributed by atoms with Crippen molar-refractivity contribution >= 4 is 18.1 Å². The fourth-order valence-corrected chi connectivity index (χ4v) is 2.03. The van der Waals surface area contributed by atoms with Gasteiger partial charge in [0.05, 0.1) is 11.5 Å². The zero-order valence-corrected chi connectivity index (χ0v) is 12.9. The highest BCUT2D eigenvalue weighted by Crippen LogP contribution is 2.33. The third-order valence-electron chi connectivity index (χ3n) is 3.11. The van der Waals surface area contributed by atoms with Crippen molar-refractivity contribution in [3.05, 3.63) is 58.6 Å². The molecular weight excluding hydrogens is 304 g/mol. The SMILES string of the molecule is Cl.NCCCCOc1ccc([N+](=O)[O-])cc1-c1ccccc1. The number of nitro groups is 1. The van der Waals surface area contributed by atoms with Crippen molar-refractivity contribution in [3.63, 3.8) is 0 Å². The third kappa shape index (κ3) is 4.72. The molecule has 0 amide bonds. The second-order valence-electron chi connectivity index (χ2n) is 4.65. The Morgan fingerprint density at radius 2 is 1.82 bits per heavy atom. The van der Waals surface area contributed by atoms with Gasteiger partial charge >= 0.3 is 0 Å². The van der Waals surface area contributed by atoms with Gasteiger partial charge in [0, 0.05) is 17.7 Å². The monoisotopic (exact) mass is 322 g/mol. The fourth-order valence-electron chi connectivity index (χ4n) is 2.03. The maximum Gasteiger partial charge on any atom is 0.270 e. The smallest absolute Gasteiger partial charge is 0.270 e. The van der Waals surface area contributed by atoms with Gasteiger partial charge in [-0.15, -0.1) is 12.4 Å². The lowest BCUT2D eigenvalue weighted by atomic mass is 10.0. The number of hydrogen-bond acceptors (Lipinski definition) is 4. The zero-order chi connectivity index (χ0) is 15.1. The lowest BCUT2D eigenvalue weighted by molar-refractivity contribution is -0.384. The maximum absolute atomic E-state index is 10.9. The Labute approximate surface area is 135 Å². The Balaban J connectivity index is 0.00000242. The summed E-state index contributed by atoms with van der Waals surface area (Å²) in [5, 5.41) is 10.9. The first kappa shape index (κ1) is 17.9. The summed E-state index contributed by atoms with van der Waals surface area (Å²) >= 11 is 0. The van der Waals surface area contributed by atoms with E-state index in [4.69, 9.17) is 10.5 Å². The van der Waals surface area contributed by atoms with Crippen LogP contribution < -0.4 is 10.5 Å². The van der Waals surface area contributed by atoms with Crippen molar-refractivity contribution in [2.24, 2.45) is 5.73 Å². The molecule has 118 valence electrons. The molecule has 0 radical (unpaired) electrons. The average Bonchev–Trinajstić information content (AvgIpc) is 2.52. The van der Waals surface area contributed by atoms with Crippen molar-refractivity contribution in [1.82, 2.24) is 0 Å². The number of benzene rings is 2. The molecule has 2 N–H and O–H groups in total. The zero-order valence-electron chi connectivity index (χ0n) is 12.1. The molecule has 0 saturated heterocycles. The van der Waals surface area contributed by atoms with Gasteiger partial charge in [-0.05, 0) is 31.0 Å². The van der Waals surface area contributed by atoms with E-state index in [-0.39, 0.29) is 18.1 Å². The van der Waals surface area contributed by atoms with Crippen LogP contribution in [0.2, 0.25) is 0 Å². The van der Waals surface area contributed by atoms with Gasteiger partial charge in [-0.3, -0.25) is 10.1 Å². The number of nitrogens with two attached hydrogens (primary N) is 1. The van der Waals surface area contributed by atoms with E-state index in [0.29, 0.717) is 18.9 Å². The summed E-state index contributed by atoms with van der Waals surface area (Å²) in [4.78, 5) is 10.5.